The first kappa shape index (κ1) is 8.51. The fourth-order valence-corrected chi connectivity index (χ4v) is 1.55. The fourth-order valence-electron chi connectivity index (χ4n) is 1.55. The molecule has 1 unspecified atom stereocenters. The fraction of sp³-hybridized carbons (Fsp3) is 0.400. The maximum atomic E-state index is 13.2. The Morgan fingerprint density at radius 1 is 1.54 bits per heavy atom. The Morgan fingerprint density at radius 2 is 2.31 bits per heavy atom. The summed E-state index contributed by atoms with van der Waals surface area (Å²) in [7, 11) is 0. The number of fused-ring (bicyclic) bond motifs is 1. The molecular weight excluding hydrogens is 169 g/mol. The van der Waals surface area contributed by atoms with Gasteiger partial charge in [0.1, 0.15) is 11.6 Å². The molecule has 1 aliphatic heterocycles. The van der Waals surface area contributed by atoms with E-state index in [4.69, 9.17) is 10.5 Å². The van der Waals surface area contributed by atoms with Gasteiger partial charge in [-0.25, -0.2) is 4.39 Å². The lowest BCUT2D eigenvalue weighted by atomic mass is 9.99. The lowest BCUT2D eigenvalue weighted by molar-refractivity contribution is 0.0707. The van der Waals surface area contributed by atoms with E-state index in [1.807, 2.05) is 0 Å². The molecule has 13 heavy (non-hydrogen) atoms. The van der Waals surface area contributed by atoms with Gasteiger partial charge in [0, 0.05) is 12.0 Å². The van der Waals surface area contributed by atoms with E-state index in [0.29, 0.717) is 24.2 Å². The van der Waals surface area contributed by atoms with E-state index in [0.717, 1.165) is 0 Å². The monoisotopic (exact) mass is 181 g/mol. The van der Waals surface area contributed by atoms with Crippen molar-refractivity contribution < 1.29 is 9.13 Å². The average Bonchev–Trinajstić information content (AvgIpc) is 2.02. The normalized spacial score (nSPS) is 26.4. The summed E-state index contributed by atoms with van der Waals surface area (Å²) >= 11 is 0. The van der Waals surface area contributed by atoms with Crippen molar-refractivity contribution in [3.8, 4) is 5.75 Å². The Morgan fingerprint density at radius 3 is 3.08 bits per heavy atom. The van der Waals surface area contributed by atoms with Crippen molar-refractivity contribution >= 4 is 0 Å². The van der Waals surface area contributed by atoms with Crippen LogP contribution in [-0.2, 0) is 6.42 Å². The van der Waals surface area contributed by atoms with Crippen LogP contribution in [0.2, 0.25) is 0 Å². The standard InChI is InChI=1S/C10H12FNO/c1-10(12)6-5-7-8(11)3-2-4-9(7)13-10/h2-4H,5-6,12H2,1H3. The summed E-state index contributed by atoms with van der Waals surface area (Å²) in [6.07, 6.45) is 1.30. The highest BCUT2D eigenvalue weighted by Gasteiger charge is 2.28. The van der Waals surface area contributed by atoms with Gasteiger partial charge in [-0.2, -0.15) is 0 Å². The average molecular weight is 181 g/mol. The first-order chi connectivity index (χ1) is 6.08. The van der Waals surface area contributed by atoms with Crippen LogP contribution in [0.3, 0.4) is 0 Å². The SMILES string of the molecule is CC1(N)CCc2c(F)cccc2O1. The van der Waals surface area contributed by atoms with Crippen molar-refractivity contribution in [3.05, 3.63) is 29.6 Å². The van der Waals surface area contributed by atoms with Crippen LogP contribution >= 0.6 is 0 Å². The minimum Gasteiger partial charge on any atom is -0.473 e. The third-order valence-corrected chi connectivity index (χ3v) is 2.29. The Balaban J connectivity index is 2.42. The van der Waals surface area contributed by atoms with Crippen molar-refractivity contribution in [1.82, 2.24) is 0 Å². The molecule has 1 aromatic rings. The molecule has 3 heteroatoms. The third-order valence-electron chi connectivity index (χ3n) is 2.29. The first-order valence-electron chi connectivity index (χ1n) is 4.34. The van der Waals surface area contributed by atoms with Gasteiger partial charge in [-0.05, 0) is 25.5 Å². The highest BCUT2D eigenvalue weighted by Crippen LogP contribution is 2.31. The second-order valence-electron chi connectivity index (χ2n) is 3.63. The summed E-state index contributed by atoms with van der Waals surface area (Å²) in [5.41, 5.74) is 5.79. The second-order valence-corrected chi connectivity index (χ2v) is 3.63. The van der Waals surface area contributed by atoms with Crippen LogP contribution in [-0.4, -0.2) is 5.72 Å². The maximum Gasteiger partial charge on any atom is 0.156 e. The molecule has 0 aromatic heterocycles. The predicted molar refractivity (Wildman–Crippen MR) is 47.9 cm³/mol. The second kappa shape index (κ2) is 2.70. The molecule has 2 rings (SSSR count). The molecule has 70 valence electrons. The third kappa shape index (κ3) is 1.52. The summed E-state index contributed by atoms with van der Waals surface area (Å²) in [5, 5.41) is 0. The molecule has 2 N–H and O–H groups in total. The lowest BCUT2D eigenvalue weighted by Gasteiger charge is -2.32. The van der Waals surface area contributed by atoms with Gasteiger partial charge in [-0.15, -0.1) is 0 Å². The largest absolute Gasteiger partial charge is 0.473 e. The number of halogens is 1. The zero-order valence-electron chi connectivity index (χ0n) is 7.51. The van der Waals surface area contributed by atoms with E-state index in [-0.39, 0.29) is 5.82 Å². The topological polar surface area (TPSA) is 35.2 Å². The zero-order chi connectivity index (χ0) is 9.47. The molecule has 1 heterocycles. The van der Waals surface area contributed by atoms with Crippen LogP contribution in [0.4, 0.5) is 4.39 Å². The number of hydrogen-bond acceptors (Lipinski definition) is 2. The minimum absolute atomic E-state index is 0.201. The Hall–Kier alpha value is -1.09. The molecule has 0 amide bonds. The van der Waals surface area contributed by atoms with Gasteiger partial charge in [0.2, 0.25) is 0 Å². The van der Waals surface area contributed by atoms with Crippen LogP contribution in [0.1, 0.15) is 18.9 Å². The maximum absolute atomic E-state index is 13.2. The summed E-state index contributed by atoms with van der Waals surface area (Å²) in [5.74, 6) is 0.379. The van der Waals surface area contributed by atoms with E-state index in [1.54, 1.807) is 19.1 Å². The highest BCUT2D eigenvalue weighted by atomic mass is 19.1. The molecule has 0 saturated carbocycles. The van der Waals surface area contributed by atoms with E-state index in [2.05, 4.69) is 0 Å². The number of benzene rings is 1. The van der Waals surface area contributed by atoms with E-state index in [9.17, 15) is 4.39 Å². The summed E-state index contributed by atoms with van der Waals surface area (Å²) in [4.78, 5) is 0. The van der Waals surface area contributed by atoms with Gasteiger partial charge in [0.25, 0.3) is 0 Å². The smallest absolute Gasteiger partial charge is 0.156 e. The molecule has 0 radical (unpaired) electrons. The van der Waals surface area contributed by atoms with Gasteiger partial charge < -0.3 is 4.74 Å². The number of ether oxygens (including phenoxy) is 1. The van der Waals surface area contributed by atoms with Gasteiger partial charge >= 0.3 is 0 Å². The molecule has 1 atom stereocenters. The minimum atomic E-state index is -0.652. The molecule has 2 nitrogen and oxygen atoms in total. The van der Waals surface area contributed by atoms with Gasteiger partial charge in [0.15, 0.2) is 5.72 Å². The van der Waals surface area contributed by atoms with Gasteiger partial charge in [-0.3, -0.25) is 5.73 Å². The molecule has 1 aliphatic rings. The predicted octanol–water partition coefficient (Wildman–Crippen LogP) is 1.83. The van der Waals surface area contributed by atoms with Crippen molar-refractivity contribution in [2.75, 3.05) is 0 Å². The molecule has 0 spiro atoms. The van der Waals surface area contributed by atoms with Gasteiger partial charge in [0.05, 0.1) is 0 Å². The van der Waals surface area contributed by atoms with Gasteiger partial charge in [-0.1, -0.05) is 6.07 Å². The summed E-state index contributed by atoms with van der Waals surface area (Å²) in [6.45, 7) is 1.81. The van der Waals surface area contributed by atoms with Crippen LogP contribution < -0.4 is 10.5 Å². The highest BCUT2D eigenvalue weighted by molar-refractivity contribution is 5.36. The Bertz CT molecular complexity index is 336. The number of rotatable bonds is 0. The van der Waals surface area contributed by atoms with Crippen molar-refractivity contribution in [1.29, 1.82) is 0 Å². The first-order valence-corrected chi connectivity index (χ1v) is 4.34. The van der Waals surface area contributed by atoms with E-state index >= 15 is 0 Å². The Labute approximate surface area is 76.5 Å². The summed E-state index contributed by atoms with van der Waals surface area (Å²) < 4.78 is 18.6. The lowest BCUT2D eigenvalue weighted by Crippen LogP contribution is -2.45. The van der Waals surface area contributed by atoms with Crippen molar-refractivity contribution in [3.63, 3.8) is 0 Å². The molecule has 1 aromatic carbocycles. The molecule has 0 fully saturated rings. The van der Waals surface area contributed by atoms with E-state index < -0.39 is 5.72 Å². The van der Waals surface area contributed by atoms with Crippen LogP contribution in [0.15, 0.2) is 18.2 Å². The molecule has 0 bridgehead atoms. The van der Waals surface area contributed by atoms with Crippen molar-refractivity contribution in [2.45, 2.75) is 25.5 Å². The van der Waals surface area contributed by atoms with Crippen LogP contribution in [0.5, 0.6) is 5.75 Å². The zero-order valence-corrected chi connectivity index (χ0v) is 7.51. The molecular formula is C10H12FNO. The molecule has 0 saturated heterocycles. The van der Waals surface area contributed by atoms with E-state index in [1.165, 1.54) is 6.07 Å². The number of hydrogen-bond donors (Lipinski definition) is 1. The Kier molecular flexibility index (Phi) is 1.77. The van der Waals surface area contributed by atoms with Crippen LogP contribution in [0.25, 0.3) is 0 Å². The van der Waals surface area contributed by atoms with Crippen LogP contribution in [0, 0.1) is 5.82 Å². The number of nitrogens with two attached hydrogens (primary N) is 1. The van der Waals surface area contributed by atoms with Crippen molar-refractivity contribution in [2.24, 2.45) is 5.73 Å². The quantitative estimate of drug-likeness (QED) is 0.662. The summed E-state index contributed by atoms with van der Waals surface area (Å²) in [6, 6.07) is 4.83. The molecule has 0 aliphatic carbocycles.